The summed E-state index contributed by atoms with van der Waals surface area (Å²) < 4.78 is 29.4. The van der Waals surface area contributed by atoms with Crippen molar-refractivity contribution in [3.63, 3.8) is 0 Å². The van der Waals surface area contributed by atoms with E-state index in [0.29, 0.717) is 18.2 Å². The highest BCUT2D eigenvalue weighted by atomic mass is 32.2. The van der Waals surface area contributed by atoms with Gasteiger partial charge in [0.15, 0.2) is 0 Å². The summed E-state index contributed by atoms with van der Waals surface area (Å²) >= 11 is 0. The van der Waals surface area contributed by atoms with Crippen LogP contribution in [-0.4, -0.2) is 99.6 Å². The molecule has 4 N–H and O–H groups in total. The van der Waals surface area contributed by atoms with Gasteiger partial charge in [-0.05, 0) is 80.0 Å². The molecule has 1 aliphatic carbocycles. The number of nitrogens with zero attached hydrogens (tertiary/aromatic N) is 4. The Morgan fingerprint density at radius 3 is 2.49 bits per heavy atom. The van der Waals surface area contributed by atoms with Crippen LogP contribution in [0.2, 0.25) is 0 Å². The lowest BCUT2D eigenvalue weighted by Gasteiger charge is -2.41. The number of nitrogens with one attached hydrogen (secondary N) is 2. The highest BCUT2D eigenvalue weighted by Gasteiger charge is 2.40. The molecule has 12 nitrogen and oxygen atoms in total. The maximum absolute atomic E-state index is 14.1. The van der Waals surface area contributed by atoms with E-state index in [2.05, 4.69) is 20.6 Å². The number of amides is 2. The standard InChI is InChI=1S/C38H46N6O6S/c1-38(2,3)42-37(48)32-24-44(51(49,50)34-10-6-8-26-13-16-40-22-31(26)34)18-17-43(32)23-29(45)20-28(19-25-11-14-39-15-12-25)36(47)41-35-30-9-5-4-7-27(30)21-33(35)46/h4-16,22,28-29,32-33,35,45-46H,17-21,23-24H2,1-3H3,(H,41,47)(H,42,48). The predicted molar refractivity (Wildman–Crippen MR) is 193 cm³/mol. The molecule has 2 aliphatic rings. The van der Waals surface area contributed by atoms with Gasteiger partial charge in [0.25, 0.3) is 0 Å². The molecule has 0 radical (unpaired) electrons. The van der Waals surface area contributed by atoms with Gasteiger partial charge >= 0.3 is 0 Å². The molecule has 1 saturated heterocycles. The van der Waals surface area contributed by atoms with Crippen molar-refractivity contribution in [1.29, 1.82) is 0 Å². The number of fused-ring (bicyclic) bond motifs is 2. The Morgan fingerprint density at radius 1 is 0.980 bits per heavy atom. The quantitative estimate of drug-likeness (QED) is 0.183. The van der Waals surface area contributed by atoms with Crippen molar-refractivity contribution < 1.29 is 28.2 Å². The van der Waals surface area contributed by atoms with Crippen LogP contribution in [0.3, 0.4) is 0 Å². The number of rotatable bonds is 11. The summed E-state index contributed by atoms with van der Waals surface area (Å²) in [6.45, 7) is 5.78. The smallest absolute Gasteiger partial charge is 0.243 e. The molecule has 51 heavy (non-hydrogen) atoms. The van der Waals surface area contributed by atoms with Crippen LogP contribution < -0.4 is 10.6 Å². The van der Waals surface area contributed by atoms with Gasteiger partial charge in [0.2, 0.25) is 21.8 Å². The van der Waals surface area contributed by atoms with Crippen LogP contribution in [0.4, 0.5) is 0 Å². The number of carbonyl (C=O) groups is 2. The third-order valence-corrected chi connectivity index (χ3v) is 11.5. The van der Waals surface area contributed by atoms with Crippen molar-refractivity contribution in [2.45, 2.75) is 74.8 Å². The molecule has 2 aromatic carbocycles. The summed E-state index contributed by atoms with van der Waals surface area (Å²) in [5.74, 6) is -1.31. The lowest BCUT2D eigenvalue weighted by molar-refractivity contribution is -0.131. The lowest BCUT2D eigenvalue weighted by Crippen LogP contribution is -2.62. The predicted octanol–water partition coefficient (Wildman–Crippen LogP) is 2.60. The average Bonchev–Trinajstić information content (AvgIpc) is 3.41. The largest absolute Gasteiger partial charge is 0.392 e. The molecule has 5 atom stereocenters. The van der Waals surface area contributed by atoms with Crippen LogP contribution in [0.1, 0.15) is 49.9 Å². The van der Waals surface area contributed by atoms with Crippen molar-refractivity contribution in [2.75, 3.05) is 26.2 Å². The minimum absolute atomic E-state index is 0.0450. The Morgan fingerprint density at radius 2 is 1.73 bits per heavy atom. The molecule has 1 fully saturated rings. The van der Waals surface area contributed by atoms with E-state index in [1.54, 1.807) is 41.7 Å². The van der Waals surface area contributed by atoms with Crippen LogP contribution in [-0.2, 0) is 32.5 Å². The molecule has 270 valence electrons. The van der Waals surface area contributed by atoms with Crippen molar-refractivity contribution >= 4 is 32.6 Å². The minimum atomic E-state index is -4.01. The van der Waals surface area contributed by atoms with Crippen LogP contribution in [0.15, 0.2) is 90.3 Å². The summed E-state index contributed by atoms with van der Waals surface area (Å²) in [6.07, 6.45) is 5.50. The van der Waals surface area contributed by atoms with E-state index in [1.165, 1.54) is 10.5 Å². The van der Waals surface area contributed by atoms with Crippen LogP contribution >= 0.6 is 0 Å². The zero-order valence-corrected chi connectivity index (χ0v) is 30.0. The average molecular weight is 715 g/mol. The molecule has 0 spiro atoms. The van der Waals surface area contributed by atoms with E-state index in [1.807, 2.05) is 63.2 Å². The lowest BCUT2D eigenvalue weighted by atomic mass is 9.92. The van der Waals surface area contributed by atoms with Gasteiger partial charge in [0.1, 0.15) is 6.04 Å². The minimum Gasteiger partial charge on any atom is -0.392 e. The van der Waals surface area contributed by atoms with Crippen LogP contribution in [0.5, 0.6) is 0 Å². The summed E-state index contributed by atoms with van der Waals surface area (Å²) in [7, 11) is -4.01. The topological polar surface area (TPSA) is 165 Å². The number of hydrogen-bond donors (Lipinski definition) is 4. The van der Waals surface area contributed by atoms with E-state index in [9.17, 15) is 28.2 Å². The number of aliphatic hydroxyl groups excluding tert-OH is 2. The third-order valence-electron chi connectivity index (χ3n) is 9.62. The first-order valence-electron chi connectivity index (χ1n) is 17.3. The summed E-state index contributed by atoms with van der Waals surface area (Å²) in [5, 5.41) is 29.7. The number of sulfonamides is 1. The molecular formula is C38H46N6O6S. The Labute approximate surface area is 299 Å². The second-order valence-electron chi connectivity index (χ2n) is 14.6. The number of aliphatic hydroxyl groups is 2. The first-order valence-corrected chi connectivity index (χ1v) is 18.8. The SMILES string of the molecule is CC(C)(C)NC(=O)C1CN(S(=O)(=O)c2cccc3ccncc23)CCN1CC(O)CC(Cc1ccncc1)C(=O)NC1c2ccccc2CC1O. The van der Waals surface area contributed by atoms with E-state index >= 15 is 0 Å². The van der Waals surface area contributed by atoms with E-state index in [-0.39, 0.29) is 49.3 Å². The van der Waals surface area contributed by atoms with Gasteiger partial charge in [-0.25, -0.2) is 8.42 Å². The molecule has 13 heteroatoms. The second-order valence-corrected chi connectivity index (χ2v) is 16.5. The van der Waals surface area contributed by atoms with Crippen molar-refractivity contribution in [3.8, 4) is 0 Å². The molecule has 3 heterocycles. The molecule has 2 amide bonds. The molecule has 2 aromatic heterocycles. The highest BCUT2D eigenvalue weighted by Crippen LogP contribution is 2.32. The Hall–Kier alpha value is -4.27. The maximum Gasteiger partial charge on any atom is 0.243 e. The Bertz CT molecular complexity index is 1970. The van der Waals surface area contributed by atoms with Gasteiger partial charge in [-0.1, -0.05) is 36.4 Å². The number of piperazine rings is 1. The Kier molecular flexibility index (Phi) is 10.8. The summed E-state index contributed by atoms with van der Waals surface area (Å²) in [6, 6.07) is 16.6. The number of carbonyl (C=O) groups excluding carboxylic acids is 2. The van der Waals surface area contributed by atoms with Crippen LogP contribution in [0, 0.1) is 5.92 Å². The molecule has 0 bridgehead atoms. The van der Waals surface area contributed by atoms with Gasteiger partial charge < -0.3 is 20.8 Å². The van der Waals surface area contributed by atoms with Gasteiger partial charge in [-0.3, -0.25) is 24.5 Å². The third kappa shape index (κ3) is 8.45. The zero-order valence-electron chi connectivity index (χ0n) is 29.1. The molecule has 4 aromatic rings. The van der Waals surface area contributed by atoms with Crippen molar-refractivity contribution in [3.05, 3.63) is 102 Å². The molecular weight excluding hydrogens is 669 g/mol. The van der Waals surface area contributed by atoms with Gasteiger partial charge in [-0.15, -0.1) is 0 Å². The van der Waals surface area contributed by atoms with Crippen molar-refractivity contribution in [1.82, 2.24) is 29.8 Å². The molecule has 6 rings (SSSR count). The number of benzene rings is 2. The first kappa shape index (κ1) is 36.5. The summed E-state index contributed by atoms with van der Waals surface area (Å²) in [5.41, 5.74) is 2.15. The van der Waals surface area contributed by atoms with Gasteiger partial charge in [-0.2, -0.15) is 4.31 Å². The fourth-order valence-corrected chi connectivity index (χ4v) is 8.80. The molecule has 0 saturated carbocycles. The van der Waals surface area contributed by atoms with Crippen LogP contribution in [0.25, 0.3) is 10.8 Å². The Balaban J connectivity index is 1.21. The van der Waals surface area contributed by atoms with Gasteiger partial charge in [0.05, 0.1) is 23.1 Å². The highest BCUT2D eigenvalue weighted by molar-refractivity contribution is 7.89. The maximum atomic E-state index is 14.1. The summed E-state index contributed by atoms with van der Waals surface area (Å²) in [4.78, 5) is 37.8. The first-order chi connectivity index (χ1) is 24.3. The number of β-amino-alcohol motifs (C(OH)–C–C–N with tert-alkyl or cyclic N) is 1. The van der Waals surface area contributed by atoms with E-state index in [4.69, 9.17) is 0 Å². The fraction of sp³-hybridized carbons (Fsp3) is 0.421. The van der Waals surface area contributed by atoms with E-state index in [0.717, 1.165) is 22.1 Å². The number of pyridine rings is 2. The number of aromatic nitrogens is 2. The van der Waals surface area contributed by atoms with Crippen molar-refractivity contribution in [2.24, 2.45) is 5.92 Å². The number of hydrogen-bond acceptors (Lipinski definition) is 9. The monoisotopic (exact) mass is 714 g/mol. The molecule has 1 aliphatic heterocycles. The zero-order chi connectivity index (χ0) is 36.3. The normalized spacial score (nSPS) is 21.2. The molecule has 5 unspecified atom stereocenters. The fourth-order valence-electron chi connectivity index (χ4n) is 7.16. The van der Waals surface area contributed by atoms with E-state index < -0.39 is 45.8 Å². The second kappa shape index (κ2) is 15.1. The van der Waals surface area contributed by atoms with Gasteiger partial charge in [0, 0.05) is 74.2 Å².